The number of rotatable bonds is 10. The van der Waals surface area contributed by atoms with Crippen LogP contribution in [0.15, 0.2) is 36.4 Å². The first-order chi connectivity index (χ1) is 14.8. The van der Waals surface area contributed by atoms with Gasteiger partial charge in [-0.25, -0.2) is 9.18 Å². The van der Waals surface area contributed by atoms with Crippen LogP contribution in [0, 0.1) is 12.7 Å². The standard InChI is InChI=1S/C23H28FN5O2/c1-16-13-18(23(30)31)14-20(25-16)5-4-6-21-26-27-22(11-12-28(2)3)29(21)15-17-7-9-19(24)10-8-17/h7-10,13-14H,4-6,11-12,15H2,1-3H3,(H,30,31). The summed E-state index contributed by atoms with van der Waals surface area (Å²) in [4.78, 5) is 17.8. The summed E-state index contributed by atoms with van der Waals surface area (Å²) in [5.41, 5.74) is 2.70. The molecule has 0 unspecified atom stereocenters. The molecular weight excluding hydrogens is 397 g/mol. The van der Waals surface area contributed by atoms with Crippen LogP contribution in [0.2, 0.25) is 0 Å². The number of hydrogen-bond donors (Lipinski definition) is 1. The molecule has 0 bridgehead atoms. The first-order valence-corrected chi connectivity index (χ1v) is 10.3. The number of aryl methyl sites for hydroxylation is 3. The van der Waals surface area contributed by atoms with Crippen molar-refractivity contribution in [3.63, 3.8) is 0 Å². The number of carbonyl (C=O) groups is 1. The molecule has 1 aromatic carbocycles. The normalized spacial score (nSPS) is 11.3. The average Bonchev–Trinajstić information content (AvgIpc) is 3.09. The summed E-state index contributed by atoms with van der Waals surface area (Å²) in [6.07, 6.45) is 2.87. The van der Waals surface area contributed by atoms with Crippen molar-refractivity contribution in [1.82, 2.24) is 24.6 Å². The number of aromatic carboxylic acids is 1. The second-order valence-corrected chi connectivity index (χ2v) is 7.95. The molecular formula is C23H28FN5O2. The van der Waals surface area contributed by atoms with Crippen LogP contribution >= 0.6 is 0 Å². The van der Waals surface area contributed by atoms with Gasteiger partial charge in [-0.1, -0.05) is 12.1 Å². The lowest BCUT2D eigenvalue weighted by Gasteiger charge is -2.13. The van der Waals surface area contributed by atoms with Crippen LogP contribution in [0.4, 0.5) is 4.39 Å². The maximum atomic E-state index is 13.3. The van der Waals surface area contributed by atoms with Gasteiger partial charge in [0.05, 0.1) is 12.1 Å². The van der Waals surface area contributed by atoms with Gasteiger partial charge in [0.25, 0.3) is 0 Å². The third-order valence-corrected chi connectivity index (χ3v) is 5.03. The summed E-state index contributed by atoms with van der Waals surface area (Å²) in [6.45, 7) is 3.23. The summed E-state index contributed by atoms with van der Waals surface area (Å²) in [5.74, 6) is 0.558. The van der Waals surface area contributed by atoms with Gasteiger partial charge < -0.3 is 14.6 Å². The molecule has 0 aliphatic heterocycles. The Balaban J connectivity index is 1.74. The second-order valence-electron chi connectivity index (χ2n) is 7.95. The van der Waals surface area contributed by atoms with Gasteiger partial charge in [0.15, 0.2) is 0 Å². The van der Waals surface area contributed by atoms with Gasteiger partial charge in [-0.2, -0.15) is 0 Å². The monoisotopic (exact) mass is 425 g/mol. The number of likely N-dealkylation sites (N-methyl/N-ethyl adjacent to an activating group) is 1. The van der Waals surface area contributed by atoms with Crippen molar-refractivity contribution in [2.24, 2.45) is 0 Å². The van der Waals surface area contributed by atoms with E-state index in [1.807, 2.05) is 14.1 Å². The molecule has 3 aromatic rings. The van der Waals surface area contributed by atoms with Gasteiger partial charge >= 0.3 is 5.97 Å². The Morgan fingerprint density at radius 1 is 1.06 bits per heavy atom. The van der Waals surface area contributed by atoms with Crippen LogP contribution in [-0.2, 0) is 25.8 Å². The SMILES string of the molecule is Cc1cc(C(=O)O)cc(CCCc2nnc(CCN(C)C)n2Cc2ccc(F)cc2)n1. The minimum absolute atomic E-state index is 0.257. The molecule has 0 atom stereocenters. The van der Waals surface area contributed by atoms with E-state index in [4.69, 9.17) is 0 Å². The molecule has 0 aliphatic rings. The van der Waals surface area contributed by atoms with Crippen molar-refractivity contribution in [2.75, 3.05) is 20.6 Å². The molecule has 0 saturated heterocycles. The molecule has 0 spiro atoms. The Morgan fingerprint density at radius 3 is 2.39 bits per heavy atom. The quantitative estimate of drug-likeness (QED) is 0.537. The summed E-state index contributed by atoms with van der Waals surface area (Å²) >= 11 is 0. The molecule has 8 heteroatoms. The Morgan fingerprint density at radius 2 is 1.74 bits per heavy atom. The summed E-state index contributed by atoms with van der Waals surface area (Å²) in [5, 5.41) is 18.1. The van der Waals surface area contributed by atoms with E-state index in [1.54, 1.807) is 31.2 Å². The zero-order chi connectivity index (χ0) is 22.4. The molecule has 0 fully saturated rings. The maximum Gasteiger partial charge on any atom is 0.335 e. The molecule has 7 nitrogen and oxygen atoms in total. The Hall–Kier alpha value is -3.13. The number of pyridine rings is 1. The zero-order valence-electron chi connectivity index (χ0n) is 18.2. The van der Waals surface area contributed by atoms with Gasteiger partial charge in [0, 0.05) is 30.8 Å². The first-order valence-electron chi connectivity index (χ1n) is 10.3. The van der Waals surface area contributed by atoms with E-state index in [0.717, 1.165) is 42.3 Å². The van der Waals surface area contributed by atoms with Crippen LogP contribution in [0.25, 0.3) is 0 Å². The summed E-state index contributed by atoms with van der Waals surface area (Å²) in [6, 6.07) is 9.67. The number of nitrogens with zero attached hydrogens (tertiary/aromatic N) is 5. The lowest BCUT2D eigenvalue weighted by Crippen LogP contribution is -2.18. The highest BCUT2D eigenvalue weighted by Gasteiger charge is 2.14. The molecule has 0 saturated carbocycles. The van der Waals surface area contributed by atoms with E-state index >= 15 is 0 Å². The minimum atomic E-state index is -0.948. The topological polar surface area (TPSA) is 84.1 Å². The van der Waals surface area contributed by atoms with Crippen LogP contribution in [0.5, 0.6) is 0 Å². The molecule has 31 heavy (non-hydrogen) atoms. The third-order valence-electron chi connectivity index (χ3n) is 5.03. The van der Waals surface area contributed by atoms with Crippen molar-refractivity contribution >= 4 is 5.97 Å². The minimum Gasteiger partial charge on any atom is -0.478 e. The lowest BCUT2D eigenvalue weighted by molar-refractivity contribution is 0.0696. The van der Waals surface area contributed by atoms with E-state index in [2.05, 4.69) is 24.6 Å². The van der Waals surface area contributed by atoms with Crippen LogP contribution in [0.1, 0.15) is 45.4 Å². The van der Waals surface area contributed by atoms with E-state index in [0.29, 0.717) is 25.1 Å². The molecule has 2 aromatic heterocycles. The lowest BCUT2D eigenvalue weighted by atomic mass is 10.1. The van der Waals surface area contributed by atoms with Crippen molar-refractivity contribution in [2.45, 2.75) is 39.2 Å². The number of carboxylic acids is 1. The molecule has 0 radical (unpaired) electrons. The fourth-order valence-electron chi connectivity index (χ4n) is 3.44. The summed E-state index contributed by atoms with van der Waals surface area (Å²) < 4.78 is 15.4. The predicted octanol–water partition coefficient (Wildman–Crippen LogP) is 3.15. The highest BCUT2D eigenvalue weighted by Crippen LogP contribution is 2.14. The van der Waals surface area contributed by atoms with E-state index in [1.165, 1.54) is 12.1 Å². The van der Waals surface area contributed by atoms with Crippen molar-refractivity contribution < 1.29 is 14.3 Å². The van der Waals surface area contributed by atoms with Crippen molar-refractivity contribution in [3.05, 3.63) is 76.4 Å². The number of carboxylic acid groups (broad SMARTS) is 1. The fraction of sp³-hybridized carbons (Fsp3) is 0.391. The number of halogens is 1. The fourth-order valence-corrected chi connectivity index (χ4v) is 3.44. The first kappa shape index (κ1) is 22.6. The van der Waals surface area contributed by atoms with E-state index in [-0.39, 0.29) is 11.4 Å². The Labute approximate surface area is 181 Å². The van der Waals surface area contributed by atoms with E-state index in [9.17, 15) is 14.3 Å². The van der Waals surface area contributed by atoms with Crippen molar-refractivity contribution in [3.8, 4) is 0 Å². The highest BCUT2D eigenvalue weighted by atomic mass is 19.1. The van der Waals surface area contributed by atoms with Gasteiger partial charge in [-0.05, 0) is 63.7 Å². The van der Waals surface area contributed by atoms with Gasteiger partial charge in [-0.3, -0.25) is 4.98 Å². The molecule has 1 N–H and O–H groups in total. The Kier molecular flexibility index (Phi) is 7.46. The van der Waals surface area contributed by atoms with E-state index < -0.39 is 5.97 Å². The number of hydrogen-bond acceptors (Lipinski definition) is 5. The highest BCUT2D eigenvalue weighted by molar-refractivity contribution is 5.87. The third kappa shape index (κ3) is 6.42. The smallest absolute Gasteiger partial charge is 0.335 e. The van der Waals surface area contributed by atoms with Crippen LogP contribution in [0.3, 0.4) is 0 Å². The second kappa shape index (κ2) is 10.3. The average molecular weight is 426 g/mol. The van der Waals surface area contributed by atoms with Gasteiger partial charge in [0.2, 0.25) is 0 Å². The van der Waals surface area contributed by atoms with Gasteiger partial charge in [-0.15, -0.1) is 10.2 Å². The molecule has 2 heterocycles. The summed E-state index contributed by atoms with van der Waals surface area (Å²) in [7, 11) is 4.03. The van der Waals surface area contributed by atoms with Gasteiger partial charge in [0.1, 0.15) is 17.5 Å². The zero-order valence-corrected chi connectivity index (χ0v) is 18.2. The largest absolute Gasteiger partial charge is 0.478 e. The molecule has 3 rings (SSSR count). The van der Waals surface area contributed by atoms with Crippen molar-refractivity contribution in [1.29, 1.82) is 0 Å². The Bertz CT molecular complexity index is 1030. The molecule has 0 amide bonds. The predicted molar refractivity (Wildman–Crippen MR) is 116 cm³/mol. The van der Waals surface area contributed by atoms with Crippen LogP contribution in [-0.4, -0.2) is 56.4 Å². The molecule has 0 aliphatic carbocycles. The number of aromatic nitrogens is 4. The molecule has 164 valence electrons. The van der Waals surface area contributed by atoms with Crippen LogP contribution < -0.4 is 0 Å². The maximum absolute atomic E-state index is 13.3. The number of benzene rings is 1.